The number of carbonyl (C=O) groups is 1. The van der Waals surface area contributed by atoms with Gasteiger partial charge < -0.3 is 15.4 Å². The van der Waals surface area contributed by atoms with Crippen molar-refractivity contribution < 1.29 is 13.9 Å². The van der Waals surface area contributed by atoms with Gasteiger partial charge in [0.2, 0.25) is 0 Å². The zero-order chi connectivity index (χ0) is 14.0. The Kier molecular flexibility index (Phi) is 3.61. The predicted octanol–water partition coefficient (Wildman–Crippen LogP) is 2.00. The quantitative estimate of drug-likeness (QED) is 0.889. The summed E-state index contributed by atoms with van der Waals surface area (Å²) in [5.74, 6) is -0.0678. The van der Waals surface area contributed by atoms with Crippen LogP contribution in [0.2, 0.25) is 0 Å². The molecule has 1 aromatic rings. The van der Waals surface area contributed by atoms with E-state index in [0.29, 0.717) is 13.0 Å². The Bertz CT molecular complexity index is 482. The number of hydrogen-bond acceptors (Lipinski definition) is 3. The molecule has 1 aromatic carbocycles. The van der Waals surface area contributed by atoms with Crippen molar-refractivity contribution in [1.82, 2.24) is 10.6 Å². The van der Waals surface area contributed by atoms with Gasteiger partial charge in [-0.1, -0.05) is 30.3 Å². The van der Waals surface area contributed by atoms with Crippen molar-refractivity contribution in [1.29, 1.82) is 0 Å². The number of alkyl carbamates (subject to hydrolysis) is 1. The van der Waals surface area contributed by atoms with Gasteiger partial charge in [0.15, 0.2) is 0 Å². The van der Waals surface area contributed by atoms with Crippen molar-refractivity contribution in [3.05, 3.63) is 35.9 Å². The van der Waals surface area contributed by atoms with E-state index in [0.717, 1.165) is 18.5 Å². The van der Waals surface area contributed by atoms with E-state index in [-0.39, 0.29) is 18.6 Å². The van der Waals surface area contributed by atoms with Gasteiger partial charge in [0.1, 0.15) is 12.3 Å². The lowest BCUT2D eigenvalue weighted by Gasteiger charge is -2.10. The summed E-state index contributed by atoms with van der Waals surface area (Å²) in [5, 5.41) is 5.84. The van der Waals surface area contributed by atoms with E-state index in [1.165, 1.54) is 0 Å². The third-order valence-electron chi connectivity index (χ3n) is 4.23. The standard InChI is InChI=1S/C15H19FN2O2/c16-15-7-9-17-8-6-12(15)13(15)18-14(19)20-10-11-4-2-1-3-5-11/h1-5,12-13,17H,6-10H2,(H,18,19)/t12?,13-,15-/m1/s1. The maximum absolute atomic E-state index is 14.5. The molecule has 1 saturated carbocycles. The summed E-state index contributed by atoms with van der Waals surface area (Å²) < 4.78 is 19.6. The van der Waals surface area contributed by atoms with E-state index >= 15 is 0 Å². The molecule has 1 unspecified atom stereocenters. The molecule has 1 heterocycles. The van der Waals surface area contributed by atoms with Crippen LogP contribution in [0.4, 0.5) is 9.18 Å². The van der Waals surface area contributed by atoms with Gasteiger partial charge in [0.05, 0.1) is 6.04 Å². The second-order valence-corrected chi connectivity index (χ2v) is 5.51. The van der Waals surface area contributed by atoms with Gasteiger partial charge in [0, 0.05) is 5.92 Å². The molecular formula is C15H19FN2O2. The Morgan fingerprint density at radius 2 is 2.20 bits per heavy atom. The second kappa shape index (κ2) is 5.40. The molecule has 2 aliphatic rings. The van der Waals surface area contributed by atoms with Gasteiger partial charge in [-0.3, -0.25) is 0 Å². The third kappa shape index (κ3) is 2.63. The summed E-state index contributed by atoms with van der Waals surface area (Å²) >= 11 is 0. The number of ether oxygens (including phenoxy) is 1. The Morgan fingerprint density at radius 1 is 1.40 bits per heavy atom. The van der Waals surface area contributed by atoms with Crippen LogP contribution in [0.1, 0.15) is 18.4 Å². The molecule has 108 valence electrons. The van der Waals surface area contributed by atoms with Gasteiger partial charge in [-0.2, -0.15) is 0 Å². The van der Waals surface area contributed by atoms with E-state index in [2.05, 4.69) is 10.6 Å². The van der Waals surface area contributed by atoms with E-state index in [1.54, 1.807) is 0 Å². The minimum atomic E-state index is -1.24. The Morgan fingerprint density at radius 3 is 3.00 bits per heavy atom. The van der Waals surface area contributed by atoms with Crippen LogP contribution in [0.5, 0.6) is 0 Å². The number of carbonyl (C=O) groups excluding carboxylic acids is 1. The van der Waals surface area contributed by atoms with Gasteiger partial charge in [-0.15, -0.1) is 0 Å². The smallest absolute Gasteiger partial charge is 0.407 e. The maximum Gasteiger partial charge on any atom is 0.407 e. The first-order valence-electron chi connectivity index (χ1n) is 7.07. The number of alkyl halides is 1. The van der Waals surface area contributed by atoms with Crippen LogP contribution in [-0.4, -0.2) is 30.9 Å². The zero-order valence-electron chi connectivity index (χ0n) is 11.3. The van der Waals surface area contributed by atoms with Crippen LogP contribution in [0.15, 0.2) is 30.3 Å². The average molecular weight is 278 g/mol. The molecule has 0 bridgehead atoms. The van der Waals surface area contributed by atoms with Gasteiger partial charge in [-0.05, 0) is 31.5 Å². The van der Waals surface area contributed by atoms with Gasteiger partial charge >= 0.3 is 6.09 Å². The van der Waals surface area contributed by atoms with Crippen molar-refractivity contribution in [2.45, 2.75) is 31.2 Å². The molecule has 3 atom stereocenters. The molecule has 5 heteroatoms. The first-order chi connectivity index (χ1) is 9.70. The van der Waals surface area contributed by atoms with Gasteiger partial charge in [-0.25, -0.2) is 9.18 Å². The fourth-order valence-corrected chi connectivity index (χ4v) is 3.01. The highest BCUT2D eigenvalue weighted by Crippen LogP contribution is 2.52. The average Bonchev–Trinajstić information content (AvgIpc) is 3.06. The fourth-order valence-electron chi connectivity index (χ4n) is 3.01. The van der Waals surface area contributed by atoms with E-state index in [4.69, 9.17) is 4.74 Å². The minimum absolute atomic E-state index is 0.0678. The molecule has 1 aliphatic heterocycles. The lowest BCUT2D eigenvalue weighted by atomic mass is 10.2. The summed E-state index contributed by atoms with van der Waals surface area (Å²) in [6, 6.07) is 9.07. The van der Waals surface area contributed by atoms with Crippen molar-refractivity contribution in [2.24, 2.45) is 5.92 Å². The second-order valence-electron chi connectivity index (χ2n) is 5.51. The van der Waals surface area contributed by atoms with Crippen molar-refractivity contribution >= 4 is 6.09 Å². The lowest BCUT2D eigenvalue weighted by Crippen LogP contribution is -2.33. The number of rotatable bonds is 3. The fraction of sp³-hybridized carbons (Fsp3) is 0.533. The zero-order valence-corrected chi connectivity index (χ0v) is 11.3. The van der Waals surface area contributed by atoms with Crippen LogP contribution in [0.25, 0.3) is 0 Å². The number of hydrogen-bond donors (Lipinski definition) is 2. The molecule has 1 amide bonds. The first kappa shape index (κ1) is 13.4. The minimum Gasteiger partial charge on any atom is -0.445 e. The molecule has 3 rings (SSSR count). The summed E-state index contributed by atoms with van der Waals surface area (Å²) in [5.41, 5.74) is -0.318. The molecular weight excluding hydrogens is 259 g/mol. The number of fused-ring (bicyclic) bond motifs is 1. The molecule has 2 fully saturated rings. The van der Waals surface area contributed by atoms with Crippen LogP contribution in [0, 0.1) is 5.92 Å². The molecule has 1 aliphatic carbocycles. The number of benzene rings is 1. The SMILES string of the molecule is O=C(N[C@@H]1C2CCNCC[C@@]21F)OCc1ccccc1. The van der Waals surface area contributed by atoms with E-state index < -0.39 is 11.8 Å². The summed E-state index contributed by atoms with van der Waals surface area (Å²) in [7, 11) is 0. The lowest BCUT2D eigenvalue weighted by molar-refractivity contribution is 0.135. The Labute approximate surface area is 117 Å². The van der Waals surface area contributed by atoms with Crippen LogP contribution in [0.3, 0.4) is 0 Å². The maximum atomic E-state index is 14.5. The van der Waals surface area contributed by atoms with E-state index in [1.807, 2.05) is 30.3 Å². The summed E-state index contributed by atoms with van der Waals surface area (Å²) in [4.78, 5) is 11.7. The third-order valence-corrected chi connectivity index (χ3v) is 4.23. The highest BCUT2D eigenvalue weighted by molar-refractivity contribution is 5.68. The van der Waals surface area contributed by atoms with E-state index in [9.17, 15) is 9.18 Å². The molecule has 0 spiro atoms. The summed E-state index contributed by atoms with van der Waals surface area (Å²) in [6.45, 7) is 1.70. The van der Waals surface area contributed by atoms with Crippen molar-refractivity contribution in [3.8, 4) is 0 Å². The molecule has 0 aromatic heterocycles. The normalized spacial score (nSPS) is 31.9. The molecule has 1 saturated heterocycles. The van der Waals surface area contributed by atoms with Crippen molar-refractivity contribution in [2.75, 3.05) is 13.1 Å². The number of halogens is 1. The monoisotopic (exact) mass is 278 g/mol. The number of amides is 1. The van der Waals surface area contributed by atoms with Crippen LogP contribution >= 0.6 is 0 Å². The summed E-state index contributed by atoms with van der Waals surface area (Å²) in [6.07, 6.45) is 0.693. The molecule has 0 radical (unpaired) electrons. The van der Waals surface area contributed by atoms with Crippen molar-refractivity contribution in [3.63, 3.8) is 0 Å². The Balaban J connectivity index is 1.48. The highest BCUT2D eigenvalue weighted by atomic mass is 19.1. The molecule has 4 nitrogen and oxygen atoms in total. The topological polar surface area (TPSA) is 50.4 Å². The molecule has 20 heavy (non-hydrogen) atoms. The molecule has 2 N–H and O–H groups in total. The predicted molar refractivity (Wildman–Crippen MR) is 73.0 cm³/mol. The first-order valence-corrected chi connectivity index (χ1v) is 7.07. The Hall–Kier alpha value is -1.62. The highest BCUT2D eigenvalue weighted by Gasteiger charge is 2.66. The van der Waals surface area contributed by atoms with Gasteiger partial charge in [0.25, 0.3) is 0 Å². The number of nitrogens with one attached hydrogen (secondary N) is 2. The van der Waals surface area contributed by atoms with Crippen LogP contribution < -0.4 is 10.6 Å². The largest absolute Gasteiger partial charge is 0.445 e. The van der Waals surface area contributed by atoms with Crippen LogP contribution in [-0.2, 0) is 11.3 Å².